The predicted molar refractivity (Wildman–Crippen MR) is 93.8 cm³/mol. The molecule has 0 unspecified atom stereocenters. The summed E-state index contributed by atoms with van der Waals surface area (Å²) >= 11 is 0. The van der Waals surface area contributed by atoms with Gasteiger partial charge in [-0.3, -0.25) is 4.79 Å². The number of benzene rings is 1. The molecule has 7 nitrogen and oxygen atoms in total. The number of ether oxygens (including phenoxy) is 3. The second-order valence-corrected chi connectivity index (χ2v) is 5.54. The van der Waals surface area contributed by atoms with E-state index in [0.29, 0.717) is 16.8 Å². The number of esters is 1. The maximum absolute atomic E-state index is 12.6. The number of halogens is 2. The highest BCUT2D eigenvalue weighted by Crippen LogP contribution is 2.32. The van der Waals surface area contributed by atoms with E-state index in [2.05, 4.69) is 15.0 Å². The lowest BCUT2D eigenvalue weighted by molar-refractivity contribution is -0.0511. The predicted octanol–water partition coefficient (Wildman–Crippen LogP) is 3.67. The Morgan fingerprint density at radius 2 is 1.93 bits per heavy atom. The van der Waals surface area contributed by atoms with E-state index in [0.717, 1.165) is 0 Å². The van der Waals surface area contributed by atoms with Crippen LogP contribution in [0.1, 0.15) is 39.0 Å². The average molecular weight is 382 g/mol. The number of H-pyrrole nitrogens is 1. The number of aromatic amines is 1. The molecule has 27 heavy (non-hydrogen) atoms. The van der Waals surface area contributed by atoms with Crippen LogP contribution in [0.4, 0.5) is 14.5 Å². The zero-order chi connectivity index (χ0) is 20.1. The molecule has 0 aliphatic carbocycles. The van der Waals surface area contributed by atoms with Gasteiger partial charge in [0, 0.05) is 17.4 Å². The minimum atomic E-state index is -3.04. The Balaban J connectivity index is 2.27. The number of aromatic nitrogens is 1. The van der Waals surface area contributed by atoms with Crippen LogP contribution in [0.25, 0.3) is 0 Å². The second-order valence-electron chi connectivity index (χ2n) is 5.54. The smallest absolute Gasteiger partial charge is 0.387 e. The summed E-state index contributed by atoms with van der Waals surface area (Å²) < 4.78 is 39.4. The Kier molecular flexibility index (Phi) is 6.38. The summed E-state index contributed by atoms with van der Waals surface area (Å²) in [5, 5.41) is 2.57. The molecule has 2 rings (SSSR count). The van der Waals surface area contributed by atoms with Crippen LogP contribution in [0.5, 0.6) is 11.5 Å². The van der Waals surface area contributed by atoms with Gasteiger partial charge in [-0.2, -0.15) is 8.78 Å². The Labute approximate surface area is 154 Å². The first-order valence-corrected chi connectivity index (χ1v) is 8.08. The fourth-order valence-corrected chi connectivity index (χ4v) is 2.62. The number of hydrogen-bond acceptors (Lipinski definition) is 5. The number of alkyl halides is 2. The Bertz CT molecular complexity index is 849. The van der Waals surface area contributed by atoms with Crippen LogP contribution in [0.3, 0.4) is 0 Å². The van der Waals surface area contributed by atoms with Crippen molar-refractivity contribution in [2.45, 2.75) is 27.4 Å². The number of aryl methyl sites for hydroxylation is 1. The van der Waals surface area contributed by atoms with Crippen LogP contribution in [-0.2, 0) is 4.74 Å². The lowest BCUT2D eigenvalue weighted by Crippen LogP contribution is -2.14. The molecule has 0 radical (unpaired) electrons. The number of hydrogen-bond donors (Lipinski definition) is 2. The van der Waals surface area contributed by atoms with Crippen molar-refractivity contribution >= 4 is 17.6 Å². The summed E-state index contributed by atoms with van der Waals surface area (Å²) in [5.41, 5.74) is 1.61. The van der Waals surface area contributed by atoms with Gasteiger partial charge in [0.1, 0.15) is 5.69 Å². The van der Waals surface area contributed by atoms with Crippen molar-refractivity contribution in [1.82, 2.24) is 4.98 Å². The van der Waals surface area contributed by atoms with E-state index in [1.165, 1.54) is 25.3 Å². The summed E-state index contributed by atoms with van der Waals surface area (Å²) in [6.45, 7) is 2.13. The van der Waals surface area contributed by atoms with Crippen molar-refractivity contribution in [1.29, 1.82) is 0 Å². The molecule has 146 valence electrons. The first-order chi connectivity index (χ1) is 12.8. The van der Waals surface area contributed by atoms with Crippen molar-refractivity contribution in [2.24, 2.45) is 0 Å². The third-order valence-corrected chi connectivity index (χ3v) is 3.78. The minimum Gasteiger partial charge on any atom is -0.493 e. The van der Waals surface area contributed by atoms with Crippen molar-refractivity contribution < 1.29 is 32.6 Å². The molecule has 0 saturated heterocycles. The summed E-state index contributed by atoms with van der Waals surface area (Å²) in [5.74, 6) is -1.18. The maximum Gasteiger partial charge on any atom is 0.387 e. The highest BCUT2D eigenvalue weighted by molar-refractivity contribution is 6.07. The fourth-order valence-electron chi connectivity index (χ4n) is 2.62. The summed E-state index contributed by atoms with van der Waals surface area (Å²) in [7, 11) is 1.31. The summed E-state index contributed by atoms with van der Waals surface area (Å²) in [4.78, 5) is 27.4. The molecular weight excluding hydrogens is 362 g/mol. The van der Waals surface area contributed by atoms with Gasteiger partial charge in [-0.25, -0.2) is 4.79 Å². The molecule has 1 amide bonds. The molecule has 1 heterocycles. The molecule has 0 bridgehead atoms. The number of methoxy groups -OCH3 is 1. The molecule has 2 aromatic rings. The molecule has 9 heteroatoms. The van der Waals surface area contributed by atoms with Crippen LogP contribution in [0, 0.1) is 13.8 Å². The lowest BCUT2D eigenvalue weighted by Gasteiger charge is -2.12. The molecule has 0 aliphatic heterocycles. The maximum atomic E-state index is 12.6. The number of nitrogens with one attached hydrogen (secondary N) is 2. The van der Waals surface area contributed by atoms with Crippen molar-refractivity contribution in [3.63, 3.8) is 0 Å². The molecule has 2 N–H and O–H groups in total. The van der Waals surface area contributed by atoms with Crippen LogP contribution in [0.15, 0.2) is 18.2 Å². The Hall–Kier alpha value is -3.10. The van der Waals surface area contributed by atoms with Gasteiger partial charge in [-0.05, 0) is 38.5 Å². The fraction of sp³-hybridized carbons (Fsp3) is 0.333. The third-order valence-electron chi connectivity index (χ3n) is 3.78. The van der Waals surface area contributed by atoms with Crippen LogP contribution in [-0.4, -0.2) is 37.2 Å². The molecule has 1 aromatic carbocycles. The highest BCUT2D eigenvalue weighted by atomic mass is 19.3. The molecule has 0 aliphatic rings. The van der Waals surface area contributed by atoms with Gasteiger partial charge < -0.3 is 24.5 Å². The minimum absolute atomic E-state index is 0.102. The molecular formula is C18H20F2N2O5. The van der Waals surface area contributed by atoms with Crippen molar-refractivity contribution in [3.05, 3.63) is 40.7 Å². The summed E-state index contributed by atoms with van der Waals surface area (Å²) in [6, 6.07) is 4.09. The number of amides is 1. The number of carbonyl (C=O) groups is 2. The van der Waals surface area contributed by atoms with Crippen LogP contribution in [0.2, 0.25) is 0 Å². The van der Waals surface area contributed by atoms with E-state index in [9.17, 15) is 18.4 Å². The third kappa shape index (κ3) is 4.55. The van der Waals surface area contributed by atoms with Gasteiger partial charge in [0.2, 0.25) is 0 Å². The van der Waals surface area contributed by atoms with E-state index >= 15 is 0 Å². The number of rotatable bonds is 7. The monoisotopic (exact) mass is 382 g/mol. The van der Waals surface area contributed by atoms with Crippen molar-refractivity contribution in [3.8, 4) is 11.5 Å². The first kappa shape index (κ1) is 20.2. The normalized spacial score (nSPS) is 10.6. The standard InChI is InChI=1S/C18H20F2N2O5/c1-5-26-17(24)14-9(2)15(21-10(14)3)16(23)22-11-6-7-12(25-4)13(8-11)27-18(19)20/h6-8,18,21H,5H2,1-4H3,(H,22,23). The SMILES string of the molecule is CCOC(=O)c1c(C)[nH]c(C(=O)Nc2ccc(OC)c(OC(F)F)c2)c1C. The molecule has 0 fully saturated rings. The lowest BCUT2D eigenvalue weighted by atomic mass is 10.1. The molecule has 0 atom stereocenters. The number of carbonyl (C=O) groups excluding carboxylic acids is 2. The zero-order valence-electron chi connectivity index (χ0n) is 15.3. The zero-order valence-corrected chi connectivity index (χ0v) is 15.3. The molecule has 0 spiro atoms. The van der Waals surface area contributed by atoms with Gasteiger partial charge in [0.15, 0.2) is 11.5 Å². The van der Waals surface area contributed by atoms with E-state index in [4.69, 9.17) is 9.47 Å². The summed E-state index contributed by atoms with van der Waals surface area (Å²) in [6.07, 6.45) is 0. The van der Waals surface area contributed by atoms with Crippen molar-refractivity contribution in [2.75, 3.05) is 19.0 Å². The average Bonchev–Trinajstić information content (AvgIpc) is 2.89. The molecule has 1 aromatic heterocycles. The van der Waals surface area contributed by atoms with Gasteiger partial charge in [-0.1, -0.05) is 0 Å². The quantitative estimate of drug-likeness (QED) is 0.713. The topological polar surface area (TPSA) is 89.7 Å². The van der Waals surface area contributed by atoms with Gasteiger partial charge in [-0.15, -0.1) is 0 Å². The Morgan fingerprint density at radius 3 is 2.52 bits per heavy atom. The van der Waals surface area contributed by atoms with E-state index in [1.807, 2.05) is 0 Å². The van der Waals surface area contributed by atoms with E-state index < -0.39 is 18.5 Å². The van der Waals surface area contributed by atoms with Crippen LogP contribution >= 0.6 is 0 Å². The van der Waals surface area contributed by atoms with Gasteiger partial charge >= 0.3 is 12.6 Å². The van der Waals surface area contributed by atoms with Gasteiger partial charge in [0.05, 0.1) is 19.3 Å². The van der Waals surface area contributed by atoms with Crippen LogP contribution < -0.4 is 14.8 Å². The Morgan fingerprint density at radius 1 is 1.22 bits per heavy atom. The largest absolute Gasteiger partial charge is 0.493 e. The number of anilines is 1. The second kappa shape index (κ2) is 8.52. The molecule has 0 saturated carbocycles. The van der Waals surface area contributed by atoms with E-state index in [1.54, 1.807) is 20.8 Å². The van der Waals surface area contributed by atoms with E-state index in [-0.39, 0.29) is 29.5 Å². The highest BCUT2D eigenvalue weighted by Gasteiger charge is 2.23. The van der Waals surface area contributed by atoms with Gasteiger partial charge in [0.25, 0.3) is 5.91 Å². The first-order valence-electron chi connectivity index (χ1n) is 8.08.